The molecule has 1 heterocycles. The molecule has 9 unspecified atom stereocenters. The molecule has 6 N–H and O–H groups in total. The Balaban J connectivity index is 0.859. The minimum absolute atomic E-state index is 0.00336. The van der Waals surface area contributed by atoms with E-state index in [2.05, 4.69) is 18.0 Å². The van der Waals surface area contributed by atoms with Crippen LogP contribution in [0.5, 0.6) is 17.2 Å². The van der Waals surface area contributed by atoms with Gasteiger partial charge in [-0.25, -0.2) is 4.79 Å². The molecular weight excluding hydrogens is 1090 g/mol. The van der Waals surface area contributed by atoms with Gasteiger partial charge in [-0.1, -0.05) is 57.3 Å². The molecule has 0 radical (unpaired) electrons. The predicted molar refractivity (Wildman–Crippen MR) is 305 cm³/mol. The number of carbonyl (C=O) groups excluding carboxylic acids is 3. The van der Waals surface area contributed by atoms with Gasteiger partial charge in [-0.3, -0.25) is 9.59 Å². The molecule has 0 amide bonds. The van der Waals surface area contributed by atoms with Gasteiger partial charge in [-0.2, -0.15) is 5.26 Å². The van der Waals surface area contributed by atoms with Crippen LogP contribution in [-0.4, -0.2) is 126 Å². The average molecular weight is 1180 g/mol. The molecule has 2 fully saturated rings. The van der Waals surface area contributed by atoms with E-state index in [0.717, 1.165) is 22.2 Å². The van der Waals surface area contributed by atoms with Crippen molar-refractivity contribution in [1.29, 1.82) is 5.26 Å². The van der Waals surface area contributed by atoms with Crippen LogP contribution in [-0.2, 0) is 54.0 Å². The van der Waals surface area contributed by atoms with E-state index in [-0.39, 0.29) is 86.8 Å². The molecule has 0 aromatic heterocycles. The highest BCUT2D eigenvalue weighted by atomic mass is 32.2. The zero-order valence-corrected chi connectivity index (χ0v) is 48.5. The maximum absolute atomic E-state index is 11.9. The lowest BCUT2D eigenvalue weighted by Crippen LogP contribution is -2.35. The maximum Gasteiger partial charge on any atom is 0.330 e. The van der Waals surface area contributed by atoms with E-state index in [1.807, 2.05) is 30.4 Å². The zero-order chi connectivity index (χ0) is 59.3. The highest BCUT2D eigenvalue weighted by molar-refractivity contribution is 8.00. The van der Waals surface area contributed by atoms with Crippen LogP contribution in [0.3, 0.4) is 0 Å². The van der Waals surface area contributed by atoms with Crippen LogP contribution in [0.4, 0.5) is 5.69 Å². The fourth-order valence-electron chi connectivity index (χ4n) is 10.3. The molecule has 2 aromatic rings. The van der Waals surface area contributed by atoms with Crippen LogP contribution in [0, 0.1) is 40.9 Å². The summed E-state index contributed by atoms with van der Waals surface area (Å²) >= 11 is 1.67. The van der Waals surface area contributed by atoms with Gasteiger partial charge in [0.15, 0.2) is 43.7 Å². The van der Waals surface area contributed by atoms with E-state index in [9.17, 15) is 45.2 Å². The molecule has 20 nitrogen and oxygen atoms in total. The first-order chi connectivity index (χ1) is 40.1. The zero-order valence-electron chi connectivity index (χ0n) is 47.7. The summed E-state index contributed by atoms with van der Waals surface area (Å²) in [6.45, 7) is 8.63. The van der Waals surface area contributed by atoms with Gasteiger partial charge >= 0.3 is 17.9 Å². The van der Waals surface area contributed by atoms with Crippen molar-refractivity contribution in [2.75, 3.05) is 38.4 Å². The summed E-state index contributed by atoms with van der Waals surface area (Å²) in [5, 5.41) is 67.9. The summed E-state index contributed by atoms with van der Waals surface area (Å²) in [5.74, 6) is 0.667. The fourth-order valence-corrected chi connectivity index (χ4v) is 11.7. The first-order valence-corrected chi connectivity index (χ1v) is 30.0. The Morgan fingerprint density at radius 2 is 1.31 bits per heavy atom. The van der Waals surface area contributed by atoms with E-state index < -0.39 is 55.6 Å². The number of benzene rings is 2. The van der Waals surface area contributed by atoms with Gasteiger partial charge in [0.2, 0.25) is 0 Å². The Kier molecular flexibility index (Phi) is 25.5. The Bertz CT molecular complexity index is 2600. The van der Waals surface area contributed by atoms with Gasteiger partial charge in [0.05, 0.1) is 36.1 Å². The van der Waals surface area contributed by atoms with Crippen LogP contribution in [0.2, 0.25) is 0 Å². The highest BCUT2D eigenvalue weighted by Crippen LogP contribution is 2.50. The third kappa shape index (κ3) is 19.7. The van der Waals surface area contributed by atoms with Gasteiger partial charge in [0.1, 0.15) is 42.8 Å². The molecule has 454 valence electrons. The average Bonchev–Trinajstić information content (AvgIpc) is 4.21. The van der Waals surface area contributed by atoms with Gasteiger partial charge in [-0.05, 0) is 125 Å². The highest BCUT2D eigenvalue weighted by Gasteiger charge is 2.37. The third-order valence-corrected chi connectivity index (χ3v) is 16.9. The summed E-state index contributed by atoms with van der Waals surface area (Å²) in [6, 6.07) is 12.7. The van der Waals surface area contributed by atoms with Gasteiger partial charge in [-0.15, -0.1) is 0 Å². The quantitative estimate of drug-likeness (QED) is 0.0173. The fraction of sp³-hybridized carbons (Fsp3) is 0.581. The summed E-state index contributed by atoms with van der Waals surface area (Å²) < 4.78 is 57.2. The molecule has 2 aromatic carbocycles. The number of thioether (sulfide) groups is 1. The molecule has 0 spiro atoms. The van der Waals surface area contributed by atoms with E-state index in [0.29, 0.717) is 118 Å². The van der Waals surface area contributed by atoms with E-state index in [4.69, 9.17) is 47.4 Å². The Labute approximate surface area is 490 Å². The van der Waals surface area contributed by atoms with Crippen molar-refractivity contribution in [3.05, 3.63) is 102 Å². The minimum atomic E-state index is -1.12. The molecule has 0 saturated heterocycles. The number of nitrogens with one attached hydrogen (secondary N) is 1. The van der Waals surface area contributed by atoms with Gasteiger partial charge in [0.25, 0.3) is 0 Å². The molecule has 21 heteroatoms. The standard InChI is InChI=1S/C62H82N2O18S/c1-5-52(65)76-36-49(78-54(67)7-3)34-74-45-22-26-47(27-23-45)80-60(70)42-15-13-41(14-16-42)59(69)73-32-31-39-21-30-51(56-57(39)83-58(64-56)40-11-9-38(33-63)10-12-40)82-62(72)44-19-17-43(18-20-44)61(71)81-48-28-24-46(25-29-48)75-35-50(79-55(68)8-4)37-77-53(66)6-2/h8-11,21-22,24-26,28-30,40-44,49-50,52,58-62,64-65,69-72H,4-7,12-20,23,27,31-32,34-37H2,1-3H3. The lowest BCUT2D eigenvalue weighted by Gasteiger charge is -2.34. The third-order valence-electron chi connectivity index (χ3n) is 15.4. The molecular formula is C62H82N2O18S. The summed E-state index contributed by atoms with van der Waals surface area (Å²) in [4.78, 5) is 36.4. The van der Waals surface area contributed by atoms with Crippen LogP contribution in [0.25, 0.3) is 0 Å². The number of anilines is 1. The van der Waals surface area contributed by atoms with Crippen LogP contribution in [0.1, 0.15) is 116 Å². The molecule has 2 saturated carbocycles. The predicted octanol–water partition coefficient (Wildman–Crippen LogP) is 8.55. The number of carbonyl (C=O) groups is 3. The second-order valence-electron chi connectivity index (χ2n) is 21.3. The topological polar surface area (TPSA) is 280 Å². The number of fused-ring (bicyclic) bond motifs is 1. The largest absolute Gasteiger partial charge is 0.494 e. The Morgan fingerprint density at radius 3 is 1.92 bits per heavy atom. The number of ether oxygens (including phenoxy) is 10. The lowest BCUT2D eigenvalue weighted by atomic mass is 9.81. The van der Waals surface area contributed by atoms with Crippen molar-refractivity contribution < 1.29 is 87.3 Å². The van der Waals surface area contributed by atoms with Crippen LogP contribution in [0.15, 0.2) is 101 Å². The van der Waals surface area contributed by atoms with Crippen molar-refractivity contribution in [2.24, 2.45) is 29.6 Å². The smallest absolute Gasteiger partial charge is 0.330 e. The summed E-state index contributed by atoms with van der Waals surface area (Å²) in [5.41, 5.74) is 2.39. The normalized spacial score (nSPS) is 23.7. The number of allylic oxidation sites excluding steroid dienone is 7. The lowest BCUT2D eigenvalue weighted by molar-refractivity contribution is -0.166. The number of rotatable bonds is 32. The molecule has 5 aliphatic rings. The van der Waals surface area contributed by atoms with Crippen molar-refractivity contribution in [2.45, 2.75) is 171 Å². The molecule has 0 bridgehead atoms. The molecule has 83 heavy (non-hydrogen) atoms. The molecule has 9 atom stereocenters. The summed E-state index contributed by atoms with van der Waals surface area (Å²) in [7, 11) is 0. The maximum atomic E-state index is 11.9. The van der Waals surface area contributed by atoms with Crippen LogP contribution >= 0.6 is 11.8 Å². The van der Waals surface area contributed by atoms with Crippen molar-refractivity contribution in [1.82, 2.24) is 0 Å². The number of aliphatic hydroxyl groups excluding tert-OH is 5. The first kappa shape index (κ1) is 64.5. The number of esters is 3. The van der Waals surface area contributed by atoms with Crippen molar-refractivity contribution >= 4 is 35.4 Å². The molecule has 7 rings (SSSR count). The number of nitrogens with zero attached hydrogens (tertiary/aromatic N) is 1. The monoisotopic (exact) mass is 1170 g/mol. The van der Waals surface area contributed by atoms with E-state index in [1.54, 1.807) is 69.0 Å². The minimum Gasteiger partial charge on any atom is -0.494 e. The SMILES string of the molecule is C=CC(=O)OC(COC(=O)CC)COc1ccc(OC(O)C2CCC(C(O)Oc3ccc(CCOC(O)C4CCC(C(O)OC5=CC=C(OCC(COC(O)CC)OC(=O)CC)CC5)CC4)c4c3NC(C3C=CC(C#N)=CC3)S4)CC2)cc1. The van der Waals surface area contributed by atoms with E-state index in [1.165, 1.54) is 0 Å². The van der Waals surface area contributed by atoms with Gasteiger partial charge in [0, 0.05) is 71.8 Å². The number of hydrogen-bond donors (Lipinski definition) is 6. The van der Waals surface area contributed by atoms with Crippen LogP contribution < -0.4 is 19.5 Å². The first-order valence-electron chi connectivity index (χ1n) is 29.1. The molecule has 1 aliphatic heterocycles. The second kappa shape index (κ2) is 32.8. The summed E-state index contributed by atoms with van der Waals surface area (Å²) in [6.07, 6.45) is 11.7. The van der Waals surface area contributed by atoms with Crippen molar-refractivity contribution in [3.8, 4) is 23.3 Å². The van der Waals surface area contributed by atoms with Gasteiger partial charge < -0.3 is 78.2 Å². The number of aliphatic hydroxyl groups is 5. The molecule has 4 aliphatic carbocycles. The van der Waals surface area contributed by atoms with Crippen molar-refractivity contribution in [3.63, 3.8) is 0 Å². The second-order valence-corrected chi connectivity index (χ2v) is 22.5. The number of hydrogen-bond acceptors (Lipinski definition) is 21. The number of nitriles is 1. The van der Waals surface area contributed by atoms with E-state index >= 15 is 0 Å². The Hall–Kier alpha value is -6.09. The Morgan fingerprint density at radius 1 is 0.711 bits per heavy atom.